The number of thiophene rings is 1. The zero-order chi connectivity index (χ0) is 37.5. The van der Waals surface area contributed by atoms with Gasteiger partial charge in [-0.05, 0) is 69.8 Å². The highest BCUT2D eigenvalue weighted by molar-refractivity contribution is 7.26. The van der Waals surface area contributed by atoms with E-state index in [1.54, 1.807) is 11.3 Å². The summed E-state index contributed by atoms with van der Waals surface area (Å²) in [6.45, 7) is 0. The second kappa shape index (κ2) is 12.4. The van der Waals surface area contributed by atoms with E-state index in [1.807, 2.05) is 36.4 Å². The lowest BCUT2D eigenvalue weighted by atomic mass is 9.66. The topological polar surface area (TPSA) is 47.9 Å². The third-order valence-electron chi connectivity index (χ3n) is 11.6. The number of fused-ring (bicyclic) bond motifs is 12. The van der Waals surface area contributed by atoms with Gasteiger partial charge >= 0.3 is 0 Å². The maximum atomic E-state index is 6.59. The summed E-state index contributed by atoms with van der Waals surface area (Å²) < 4.78 is 9.01. The van der Waals surface area contributed by atoms with E-state index in [-0.39, 0.29) is 0 Å². The average Bonchev–Trinajstić information content (AvgIpc) is 3.80. The van der Waals surface area contributed by atoms with Gasteiger partial charge in [-0.2, -0.15) is 0 Å². The summed E-state index contributed by atoms with van der Waals surface area (Å²) in [7, 11) is 0. The molecule has 3 heterocycles. The van der Waals surface area contributed by atoms with E-state index >= 15 is 0 Å². The highest BCUT2D eigenvalue weighted by Gasteiger charge is 2.51. The molecular weight excluding hydrogens is 715 g/mol. The molecule has 0 saturated heterocycles. The number of ether oxygens (including phenoxy) is 1. The van der Waals surface area contributed by atoms with Gasteiger partial charge in [-0.1, -0.05) is 152 Å². The smallest absolute Gasteiger partial charge is 0.164 e. The molecular formula is C52H31N3OS. The number of hydrogen-bond donors (Lipinski definition) is 0. The molecule has 57 heavy (non-hydrogen) atoms. The highest BCUT2D eigenvalue weighted by Crippen LogP contribution is 2.62. The Morgan fingerprint density at radius 3 is 1.61 bits per heavy atom. The maximum Gasteiger partial charge on any atom is 0.164 e. The monoisotopic (exact) mass is 745 g/mol. The lowest BCUT2D eigenvalue weighted by Gasteiger charge is -2.39. The summed E-state index contributed by atoms with van der Waals surface area (Å²) in [4.78, 5) is 15.2. The molecule has 0 fully saturated rings. The van der Waals surface area contributed by atoms with Crippen molar-refractivity contribution in [2.24, 2.45) is 0 Å². The first-order valence-corrected chi connectivity index (χ1v) is 20.0. The molecule has 0 amide bonds. The zero-order valence-electron chi connectivity index (χ0n) is 30.6. The van der Waals surface area contributed by atoms with Gasteiger partial charge in [-0.15, -0.1) is 11.3 Å². The van der Waals surface area contributed by atoms with Crippen molar-refractivity contribution in [3.05, 3.63) is 210 Å². The molecule has 1 aliphatic carbocycles. The van der Waals surface area contributed by atoms with Crippen LogP contribution in [0.15, 0.2) is 188 Å². The molecule has 0 N–H and O–H groups in total. The summed E-state index contributed by atoms with van der Waals surface area (Å²) in [6.07, 6.45) is 0. The largest absolute Gasteiger partial charge is 0.457 e. The van der Waals surface area contributed by atoms with Crippen LogP contribution in [-0.2, 0) is 5.41 Å². The molecule has 0 unspecified atom stereocenters. The van der Waals surface area contributed by atoms with Gasteiger partial charge in [0.15, 0.2) is 17.5 Å². The molecule has 8 aromatic carbocycles. The van der Waals surface area contributed by atoms with Crippen LogP contribution in [0.1, 0.15) is 22.3 Å². The van der Waals surface area contributed by atoms with Crippen LogP contribution in [0, 0.1) is 0 Å². The molecule has 5 heteroatoms. The first-order valence-electron chi connectivity index (χ1n) is 19.2. The van der Waals surface area contributed by atoms with Crippen molar-refractivity contribution < 1.29 is 4.74 Å². The third kappa shape index (κ3) is 4.76. The fraction of sp³-hybridized carbons (Fsp3) is 0.0192. The van der Waals surface area contributed by atoms with Crippen LogP contribution in [-0.4, -0.2) is 15.0 Å². The fourth-order valence-corrected chi connectivity index (χ4v) is 10.3. The van der Waals surface area contributed by atoms with Crippen molar-refractivity contribution in [3.63, 3.8) is 0 Å². The van der Waals surface area contributed by atoms with E-state index in [0.29, 0.717) is 17.5 Å². The van der Waals surface area contributed by atoms with Crippen molar-refractivity contribution in [1.82, 2.24) is 15.0 Å². The van der Waals surface area contributed by atoms with E-state index in [9.17, 15) is 0 Å². The normalized spacial score (nSPS) is 13.2. The first kappa shape index (κ1) is 32.1. The Labute approximate surface area is 333 Å². The third-order valence-corrected chi connectivity index (χ3v) is 12.8. The fourth-order valence-electron chi connectivity index (χ4n) is 9.16. The van der Waals surface area contributed by atoms with Gasteiger partial charge in [0.05, 0.1) is 5.41 Å². The van der Waals surface area contributed by atoms with Crippen LogP contribution in [0.4, 0.5) is 0 Å². The van der Waals surface area contributed by atoms with E-state index in [0.717, 1.165) is 50.3 Å². The maximum absolute atomic E-state index is 6.59. The first-order chi connectivity index (χ1) is 28.2. The van der Waals surface area contributed by atoms with E-state index < -0.39 is 5.41 Å². The van der Waals surface area contributed by atoms with Crippen molar-refractivity contribution in [2.75, 3.05) is 0 Å². The summed E-state index contributed by atoms with van der Waals surface area (Å²) in [5.74, 6) is 3.76. The van der Waals surface area contributed by atoms with Crippen LogP contribution in [0.5, 0.6) is 11.5 Å². The lowest BCUT2D eigenvalue weighted by molar-refractivity contribution is 0.436. The van der Waals surface area contributed by atoms with Gasteiger partial charge in [0, 0.05) is 48.0 Å². The quantitative estimate of drug-likeness (QED) is 0.180. The number of aromatic nitrogens is 3. The molecule has 4 nitrogen and oxygen atoms in total. The SMILES string of the molecule is c1ccc(-c2nc(-c3ccccc3)nc(-c3cccc4sc5ccc(-c6ccc7c(c6)C6(c8ccccc8Oc8ccccc86)c6ccccc6-7)cc5c34)n2)cc1. The van der Waals surface area contributed by atoms with Crippen LogP contribution >= 0.6 is 11.3 Å². The van der Waals surface area contributed by atoms with Crippen LogP contribution < -0.4 is 4.74 Å². The van der Waals surface area contributed by atoms with Gasteiger partial charge in [0.25, 0.3) is 0 Å². The molecule has 10 aromatic rings. The zero-order valence-corrected chi connectivity index (χ0v) is 31.4. The Hall–Kier alpha value is -7.21. The molecule has 0 atom stereocenters. The van der Waals surface area contributed by atoms with Crippen molar-refractivity contribution in [1.29, 1.82) is 0 Å². The Bertz CT molecular complexity index is 3120. The van der Waals surface area contributed by atoms with E-state index in [2.05, 4.69) is 152 Å². The predicted octanol–water partition coefficient (Wildman–Crippen LogP) is 13.4. The molecule has 266 valence electrons. The molecule has 1 spiro atoms. The number of hydrogen-bond acceptors (Lipinski definition) is 5. The highest BCUT2D eigenvalue weighted by atomic mass is 32.1. The van der Waals surface area contributed by atoms with E-state index in [1.165, 1.54) is 42.6 Å². The number of nitrogens with zero attached hydrogens (tertiary/aromatic N) is 3. The molecule has 0 bridgehead atoms. The molecule has 2 aliphatic rings. The molecule has 1 aliphatic heterocycles. The minimum absolute atomic E-state index is 0.522. The summed E-state index contributed by atoms with van der Waals surface area (Å²) in [5, 5.41) is 2.34. The predicted molar refractivity (Wildman–Crippen MR) is 232 cm³/mol. The minimum atomic E-state index is -0.522. The van der Waals surface area contributed by atoms with Gasteiger partial charge in [0.2, 0.25) is 0 Å². The minimum Gasteiger partial charge on any atom is -0.457 e. The number of rotatable bonds is 4. The van der Waals surface area contributed by atoms with E-state index in [4.69, 9.17) is 19.7 Å². The Kier molecular flexibility index (Phi) is 6.98. The Balaban J connectivity index is 1.07. The summed E-state index contributed by atoms with van der Waals surface area (Å²) in [5.41, 5.74) is 12.1. The molecule has 12 rings (SSSR count). The Morgan fingerprint density at radius 1 is 0.368 bits per heavy atom. The van der Waals surface area contributed by atoms with Gasteiger partial charge in [-0.25, -0.2) is 15.0 Å². The van der Waals surface area contributed by atoms with Crippen molar-refractivity contribution in [3.8, 4) is 67.9 Å². The number of benzene rings is 8. The Morgan fingerprint density at radius 2 is 0.912 bits per heavy atom. The van der Waals surface area contributed by atoms with Crippen molar-refractivity contribution in [2.45, 2.75) is 5.41 Å². The average molecular weight is 746 g/mol. The van der Waals surface area contributed by atoms with Gasteiger partial charge in [-0.3, -0.25) is 0 Å². The lowest BCUT2D eigenvalue weighted by Crippen LogP contribution is -2.32. The number of para-hydroxylation sites is 2. The molecule has 2 aromatic heterocycles. The van der Waals surface area contributed by atoms with Crippen LogP contribution in [0.3, 0.4) is 0 Å². The van der Waals surface area contributed by atoms with Gasteiger partial charge < -0.3 is 4.74 Å². The van der Waals surface area contributed by atoms with Crippen molar-refractivity contribution >= 4 is 31.5 Å². The molecule has 0 saturated carbocycles. The van der Waals surface area contributed by atoms with Gasteiger partial charge in [0.1, 0.15) is 11.5 Å². The second-order valence-corrected chi connectivity index (χ2v) is 15.8. The van der Waals surface area contributed by atoms with Crippen LogP contribution in [0.2, 0.25) is 0 Å². The second-order valence-electron chi connectivity index (χ2n) is 14.7. The van der Waals surface area contributed by atoms with Crippen LogP contribution in [0.25, 0.3) is 76.6 Å². The standard InChI is InChI=1S/C52H31N3OS/c1-3-14-32(15-4-1)49-53-50(33-16-5-2-6-17-33)55-51(54-49)38-19-13-25-47-48(38)39-30-34(27-29-46(39)57-47)35-26-28-37-36-18-7-8-20-40(36)52(43(37)31-35)41-21-9-11-23-44(41)56-45-24-12-10-22-42(45)52/h1-31H. The summed E-state index contributed by atoms with van der Waals surface area (Å²) in [6, 6.07) is 66.7. The molecule has 0 radical (unpaired) electrons. The summed E-state index contributed by atoms with van der Waals surface area (Å²) >= 11 is 1.80.